The number of nitriles is 1. The molecule has 0 heterocycles. The molecular formula is C22H15ClN2O3. The van der Waals surface area contributed by atoms with Gasteiger partial charge in [0.1, 0.15) is 12.4 Å². The first-order valence-corrected chi connectivity index (χ1v) is 8.77. The van der Waals surface area contributed by atoms with Crippen LogP contribution in [0.25, 0.3) is 11.6 Å². The maximum absolute atomic E-state index is 10.7. The average Bonchev–Trinajstić information content (AvgIpc) is 2.72. The van der Waals surface area contributed by atoms with Gasteiger partial charge in [-0.25, -0.2) is 0 Å². The van der Waals surface area contributed by atoms with Gasteiger partial charge in [-0.3, -0.25) is 10.1 Å². The molecule has 0 fully saturated rings. The van der Waals surface area contributed by atoms with Gasteiger partial charge in [0.15, 0.2) is 0 Å². The molecule has 3 rings (SSSR count). The van der Waals surface area contributed by atoms with Crippen molar-refractivity contribution in [1.82, 2.24) is 0 Å². The molecule has 0 saturated heterocycles. The van der Waals surface area contributed by atoms with E-state index in [4.69, 9.17) is 16.3 Å². The predicted molar refractivity (Wildman–Crippen MR) is 109 cm³/mol. The lowest BCUT2D eigenvalue weighted by molar-refractivity contribution is -0.384. The van der Waals surface area contributed by atoms with Gasteiger partial charge in [-0.05, 0) is 59.2 Å². The highest BCUT2D eigenvalue weighted by molar-refractivity contribution is 6.30. The van der Waals surface area contributed by atoms with Crippen LogP contribution in [-0.2, 0) is 6.61 Å². The molecule has 0 atom stereocenters. The SMILES string of the molecule is N#C/C(=C\c1ccc(OCc2ccc(Cl)cc2)cc1)c1ccc([N+](=O)[O-])cc1. The van der Waals surface area contributed by atoms with Gasteiger partial charge in [-0.2, -0.15) is 5.26 Å². The number of allylic oxidation sites excluding steroid dienone is 1. The molecule has 0 aliphatic carbocycles. The van der Waals surface area contributed by atoms with E-state index in [-0.39, 0.29) is 5.69 Å². The summed E-state index contributed by atoms with van der Waals surface area (Å²) in [6.07, 6.45) is 1.73. The van der Waals surface area contributed by atoms with Crippen molar-refractivity contribution in [3.63, 3.8) is 0 Å². The highest BCUT2D eigenvalue weighted by Gasteiger charge is 2.07. The molecule has 0 aromatic heterocycles. The van der Waals surface area contributed by atoms with Crippen LogP contribution in [0.2, 0.25) is 5.02 Å². The molecule has 3 aromatic carbocycles. The zero-order chi connectivity index (χ0) is 19.9. The van der Waals surface area contributed by atoms with Crippen molar-refractivity contribution >= 4 is 28.9 Å². The average molecular weight is 391 g/mol. The van der Waals surface area contributed by atoms with E-state index < -0.39 is 4.92 Å². The topological polar surface area (TPSA) is 76.2 Å². The van der Waals surface area contributed by atoms with Crippen LogP contribution in [0, 0.1) is 21.4 Å². The van der Waals surface area contributed by atoms with Crippen LogP contribution >= 0.6 is 11.6 Å². The Bertz CT molecular complexity index is 1040. The van der Waals surface area contributed by atoms with Crippen molar-refractivity contribution in [2.24, 2.45) is 0 Å². The van der Waals surface area contributed by atoms with Crippen LogP contribution in [-0.4, -0.2) is 4.92 Å². The lowest BCUT2D eigenvalue weighted by atomic mass is 10.0. The molecule has 138 valence electrons. The zero-order valence-corrected chi connectivity index (χ0v) is 15.5. The molecule has 0 spiro atoms. The van der Waals surface area contributed by atoms with Crippen molar-refractivity contribution in [2.45, 2.75) is 6.61 Å². The minimum absolute atomic E-state index is 0.0109. The Balaban J connectivity index is 1.69. The monoisotopic (exact) mass is 390 g/mol. The fourth-order valence-corrected chi connectivity index (χ4v) is 2.64. The zero-order valence-electron chi connectivity index (χ0n) is 14.7. The molecule has 5 nitrogen and oxygen atoms in total. The van der Waals surface area contributed by atoms with E-state index in [0.717, 1.165) is 11.1 Å². The Labute approximate surface area is 167 Å². The van der Waals surface area contributed by atoms with Gasteiger partial charge in [0.2, 0.25) is 0 Å². The molecule has 0 aliphatic heterocycles. The predicted octanol–water partition coefficient (Wildman–Crippen LogP) is 5.89. The molecular weight excluding hydrogens is 376 g/mol. The molecule has 0 unspecified atom stereocenters. The van der Waals surface area contributed by atoms with Crippen LogP contribution < -0.4 is 4.74 Å². The van der Waals surface area contributed by atoms with E-state index in [1.807, 2.05) is 48.5 Å². The number of non-ortho nitro benzene ring substituents is 1. The van der Waals surface area contributed by atoms with Crippen LogP contribution in [0.15, 0.2) is 72.8 Å². The maximum Gasteiger partial charge on any atom is 0.269 e. The van der Waals surface area contributed by atoms with E-state index >= 15 is 0 Å². The summed E-state index contributed by atoms with van der Waals surface area (Å²) in [4.78, 5) is 10.3. The highest BCUT2D eigenvalue weighted by Crippen LogP contribution is 2.22. The second-order valence-corrected chi connectivity index (χ2v) is 6.39. The minimum atomic E-state index is -0.470. The summed E-state index contributed by atoms with van der Waals surface area (Å²) >= 11 is 5.87. The Kier molecular flexibility index (Phi) is 6.05. The number of ether oxygens (including phenoxy) is 1. The van der Waals surface area contributed by atoms with E-state index in [1.165, 1.54) is 12.1 Å². The third kappa shape index (κ3) is 4.97. The molecule has 3 aromatic rings. The molecule has 0 radical (unpaired) electrons. The number of benzene rings is 3. The van der Waals surface area contributed by atoms with Crippen LogP contribution in [0.1, 0.15) is 16.7 Å². The quantitative estimate of drug-likeness (QED) is 0.227. The van der Waals surface area contributed by atoms with E-state index in [0.29, 0.717) is 28.5 Å². The Hall–Kier alpha value is -3.62. The summed E-state index contributed by atoms with van der Waals surface area (Å²) < 4.78 is 5.75. The molecule has 0 saturated carbocycles. The van der Waals surface area contributed by atoms with Gasteiger partial charge in [-0.15, -0.1) is 0 Å². The van der Waals surface area contributed by atoms with Crippen molar-refractivity contribution in [1.29, 1.82) is 5.26 Å². The van der Waals surface area contributed by atoms with Crippen LogP contribution in [0.4, 0.5) is 5.69 Å². The first-order chi connectivity index (χ1) is 13.5. The standard InChI is InChI=1S/C22H15ClN2O3/c23-20-7-1-17(2-8-20)15-28-22-11-3-16(4-12-22)13-19(14-24)18-5-9-21(10-6-18)25(26)27/h1-13H,15H2/b19-13+. The van der Waals surface area contributed by atoms with Gasteiger partial charge in [0, 0.05) is 17.2 Å². The van der Waals surface area contributed by atoms with Gasteiger partial charge in [-0.1, -0.05) is 35.9 Å². The highest BCUT2D eigenvalue weighted by atomic mass is 35.5. The first-order valence-electron chi connectivity index (χ1n) is 8.39. The lowest BCUT2D eigenvalue weighted by Crippen LogP contribution is -1.94. The smallest absolute Gasteiger partial charge is 0.269 e. The fourth-order valence-electron chi connectivity index (χ4n) is 2.52. The summed E-state index contributed by atoms with van der Waals surface area (Å²) in [5, 5.41) is 20.8. The summed E-state index contributed by atoms with van der Waals surface area (Å²) in [6.45, 7) is 0.429. The number of rotatable bonds is 6. The number of halogens is 1. The van der Waals surface area contributed by atoms with Crippen LogP contribution in [0.3, 0.4) is 0 Å². The molecule has 28 heavy (non-hydrogen) atoms. The van der Waals surface area contributed by atoms with Gasteiger partial charge in [0.25, 0.3) is 5.69 Å². The second kappa shape index (κ2) is 8.85. The Morgan fingerprint density at radius 2 is 1.68 bits per heavy atom. The number of nitro benzene ring substituents is 1. The van der Waals surface area contributed by atoms with Crippen LogP contribution in [0.5, 0.6) is 5.75 Å². The van der Waals surface area contributed by atoms with Crippen molar-refractivity contribution < 1.29 is 9.66 Å². The van der Waals surface area contributed by atoms with Gasteiger partial charge >= 0.3 is 0 Å². The third-order valence-electron chi connectivity index (χ3n) is 4.02. The second-order valence-electron chi connectivity index (χ2n) is 5.96. The van der Waals surface area contributed by atoms with Gasteiger partial charge < -0.3 is 4.74 Å². The number of hydrogen-bond acceptors (Lipinski definition) is 4. The Morgan fingerprint density at radius 3 is 2.25 bits per heavy atom. The summed E-state index contributed by atoms with van der Waals surface area (Å²) in [6, 6.07) is 22.8. The number of nitrogens with zero attached hydrogens (tertiary/aromatic N) is 2. The lowest BCUT2D eigenvalue weighted by Gasteiger charge is -2.07. The van der Waals surface area contributed by atoms with E-state index in [2.05, 4.69) is 6.07 Å². The summed E-state index contributed by atoms with van der Waals surface area (Å²) in [5.74, 6) is 0.709. The minimum Gasteiger partial charge on any atom is -0.489 e. The molecule has 0 aliphatic rings. The summed E-state index contributed by atoms with van der Waals surface area (Å²) in [5.41, 5.74) is 2.87. The molecule has 6 heteroatoms. The van der Waals surface area contributed by atoms with Crippen molar-refractivity contribution in [3.8, 4) is 11.8 Å². The maximum atomic E-state index is 10.7. The van der Waals surface area contributed by atoms with Crippen molar-refractivity contribution in [3.05, 3.63) is 105 Å². The number of nitro groups is 1. The first kappa shape index (κ1) is 19.2. The van der Waals surface area contributed by atoms with E-state index in [9.17, 15) is 15.4 Å². The molecule has 0 N–H and O–H groups in total. The fraction of sp³-hybridized carbons (Fsp3) is 0.0455. The normalized spacial score (nSPS) is 10.9. The molecule has 0 amide bonds. The number of hydrogen-bond donors (Lipinski definition) is 0. The van der Waals surface area contributed by atoms with Crippen molar-refractivity contribution in [2.75, 3.05) is 0 Å². The third-order valence-corrected chi connectivity index (χ3v) is 4.27. The van der Waals surface area contributed by atoms with Gasteiger partial charge in [0.05, 0.1) is 16.6 Å². The summed E-state index contributed by atoms with van der Waals surface area (Å²) in [7, 11) is 0. The molecule has 0 bridgehead atoms. The largest absolute Gasteiger partial charge is 0.489 e. The Morgan fingerprint density at radius 1 is 1.04 bits per heavy atom. The van der Waals surface area contributed by atoms with E-state index in [1.54, 1.807) is 18.2 Å².